The summed E-state index contributed by atoms with van der Waals surface area (Å²) in [5, 5.41) is 1.19. The lowest BCUT2D eigenvalue weighted by atomic mass is 10.1. The van der Waals surface area contributed by atoms with E-state index in [1.165, 1.54) is 10.9 Å². The normalized spacial score (nSPS) is 11.3. The van der Waals surface area contributed by atoms with Gasteiger partial charge in [0.2, 0.25) is 5.95 Å². The van der Waals surface area contributed by atoms with Crippen molar-refractivity contribution in [1.82, 2.24) is 19.5 Å². The smallest absolute Gasteiger partial charge is 0.221 e. The van der Waals surface area contributed by atoms with E-state index in [2.05, 4.69) is 45.0 Å². The number of rotatable bonds is 2. The molecule has 0 atom stereocenters. The third kappa shape index (κ3) is 2.60. The average Bonchev–Trinajstić information content (AvgIpc) is 3.08. The molecule has 27 heavy (non-hydrogen) atoms. The van der Waals surface area contributed by atoms with Crippen molar-refractivity contribution < 1.29 is 0 Å². The minimum absolute atomic E-state index is 0.251. The number of benzene rings is 2. The van der Waals surface area contributed by atoms with Crippen molar-refractivity contribution in [2.24, 2.45) is 7.05 Å². The summed E-state index contributed by atoms with van der Waals surface area (Å²) in [4.78, 5) is 13.7. The summed E-state index contributed by atoms with van der Waals surface area (Å²) in [7, 11) is 2.05. The molecule has 2 aromatic carbocycles. The van der Waals surface area contributed by atoms with Gasteiger partial charge in [-0.1, -0.05) is 36.4 Å². The molecule has 0 aliphatic carbocycles. The third-order valence-corrected chi connectivity index (χ3v) is 4.79. The number of nitrogen functional groups attached to an aromatic ring is 1. The fraction of sp³-hybridized carbons (Fsp3) is 0.0455. The Kier molecular flexibility index (Phi) is 3.40. The Morgan fingerprint density at radius 2 is 1.67 bits per heavy atom. The highest BCUT2D eigenvalue weighted by atomic mass is 15.0. The van der Waals surface area contributed by atoms with Gasteiger partial charge < -0.3 is 10.3 Å². The summed E-state index contributed by atoms with van der Waals surface area (Å²) < 4.78 is 2.11. The summed E-state index contributed by atoms with van der Waals surface area (Å²) >= 11 is 0. The number of aromatic nitrogens is 4. The maximum absolute atomic E-state index is 5.92. The molecule has 0 amide bonds. The van der Waals surface area contributed by atoms with Gasteiger partial charge in [-0.2, -0.15) is 0 Å². The first-order chi connectivity index (χ1) is 13.2. The van der Waals surface area contributed by atoms with E-state index in [0.717, 1.165) is 33.5 Å². The Hall–Kier alpha value is -3.73. The van der Waals surface area contributed by atoms with Crippen LogP contribution in [0.4, 0.5) is 5.95 Å². The molecule has 0 radical (unpaired) electrons. The number of fused-ring (bicyclic) bond motifs is 2. The number of aryl methyl sites for hydroxylation is 1. The predicted octanol–water partition coefficient (Wildman–Crippen LogP) is 4.43. The number of hydrogen-bond donors (Lipinski definition) is 1. The van der Waals surface area contributed by atoms with Gasteiger partial charge in [0, 0.05) is 35.3 Å². The molecule has 0 aliphatic rings. The van der Waals surface area contributed by atoms with E-state index < -0.39 is 0 Å². The van der Waals surface area contributed by atoms with Crippen LogP contribution in [0.1, 0.15) is 0 Å². The minimum Gasteiger partial charge on any atom is -0.368 e. The molecule has 5 nitrogen and oxygen atoms in total. The van der Waals surface area contributed by atoms with Crippen LogP contribution in [0.15, 0.2) is 72.9 Å². The number of hydrogen-bond acceptors (Lipinski definition) is 4. The van der Waals surface area contributed by atoms with Crippen molar-refractivity contribution in [3.63, 3.8) is 0 Å². The van der Waals surface area contributed by atoms with Gasteiger partial charge >= 0.3 is 0 Å². The van der Waals surface area contributed by atoms with Crippen LogP contribution < -0.4 is 5.73 Å². The van der Waals surface area contributed by atoms with Crippen molar-refractivity contribution in [3.8, 4) is 22.5 Å². The van der Waals surface area contributed by atoms with E-state index >= 15 is 0 Å². The second-order valence-electron chi connectivity index (χ2n) is 6.56. The van der Waals surface area contributed by atoms with E-state index in [0.29, 0.717) is 0 Å². The van der Waals surface area contributed by atoms with Crippen LogP contribution in [-0.2, 0) is 7.05 Å². The van der Waals surface area contributed by atoms with E-state index in [-0.39, 0.29) is 5.95 Å². The van der Waals surface area contributed by atoms with Crippen molar-refractivity contribution >= 4 is 27.9 Å². The summed E-state index contributed by atoms with van der Waals surface area (Å²) in [5.41, 5.74) is 12.3. The summed E-state index contributed by atoms with van der Waals surface area (Å²) in [6.07, 6.45) is 2.06. The Morgan fingerprint density at radius 3 is 2.52 bits per heavy atom. The second-order valence-corrected chi connectivity index (χ2v) is 6.56. The summed E-state index contributed by atoms with van der Waals surface area (Å²) in [6.45, 7) is 0. The second kappa shape index (κ2) is 5.92. The lowest BCUT2D eigenvalue weighted by Gasteiger charge is -2.09. The molecule has 5 aromatic rings. The number of pyridine rings is 1. The SMILES string of the molecule is Cn1ccc2cc(-c3ccc4nc(N)nc(-c5ccccc5)c4n3)ccc21. The lowest BCUT2D eigenvalue weighted by Crippen LogP contribution is -2.00. The van der Waals surface area contributed by atoms with Crippen molar-refractivity contribution in [3.05, 3.63) is 72.9 Å². The first-order valence-electron chi connectivity index (χ1n) is 8.74. The lowest BCUT2D eigenvalue weighted by molar-refractivity contribution is 0.969. The largest absolute Gasteiger partial charge is 0.368 e. The van der Waals surface area contributed by atoms with Gasteiger partial charge in [-0.25, -0.2) is 15.0 Å². The topological polar surface area (TPSA) is 69.6 Å². The number of nitrogens with two attached hydrogens (primary N) is 1. The predicted molar refractivity (Wildman–Crippen MR) is 109 cm³/mol. The fourth-order valence-corrected chi connectivity index (χ4v) is 3.43. The van der Waals surface area contributed by atoms with Gasteiger partial charge in [0.1, 0.15) is 11.2 Å². The molecule has 130 valence electrons. The molecular weight excluding hydrogens is 334 g/mol. The highest BCUT2D eigenvalue weighted by molar-refractivity contribution is 5.92. The van der Waals surface area contributed by atoms with E-state index in [9.17, 15) is 0 Å². The molecule has 5 heteroatoms. The summed E-state index contributed by atoms with van der Waals surface area (Å²) in [5.74, 6) is 0.251. The molecule has 2 N–H and O–H groups in total. The van der Waals surface area contributed by atoms with E-state index in [1.807, 2.05) is 49.5 Å². The molecule has 0 spiro atoms. The Balaban J connectivity index is 1.73. The van der Waals surface area contributed by atoms with Crippen molar-refractivity contribution in [2.75, 3.05) is 5.73 Å². The molecule has 0 fully saturated rings. The van der Waals surface area contributed by atoms with Crippen molar-refractivity contribution in [2.45, 2.75) is 0 Å². The molecule has 3 heterocycles. The first-order valence-corrected chi connectivity index (χ1v) is 8.74. The van der Waals surface area contributed by atoms with Gasteiger partial charge in [-0.05, 0) is 30.3 Å². The molecule has 0 saturated carbocycles. The highest BCUT2D eigenvalue weighted by Gasteiger charge is 2.12. The van der Waals surface area contributed by atoms with Gasteiger partial charge in [-0.15, -0.1) is 0 Å². The zero-order valence-corrected chi connectivity index (χ0v) is 14.8. The Labute approximate surface area is 156 Å². The van der Waals surface area contributed by atoms with Gasteiger partial charge in [0.15, 0.2) is 0 Å². The van der Waals surface area contributed by atoms with Crippen LogP contribution in [0.5, 0.6) is 0 Å². The molecule has 5 rings (SSSR count). The van der Waals surface area contributed by atoms with Crippen LogP contribution in [0, 0.1) is 0 Å². The van der Waals surface area contributed by atoms with Crippen LogP contribution in [0.3, 0.4) is 0 Å². The van der Waals surface area contributed by atoms with Crippen LogP contribution in [0.2, 0.25) is 0 Å². The number of anilines is 1. The molecule has 0 bridgehead atoms. The highest BCUT2D eigenvalue weighted by Crippen LogP contribution is 2.29. The molecule has 0 saturated heterocycles. The van der Waals surface area contributed by atoms with Gasteiger partial charge in [-0.3, -0.25) is 0 Å². The molecule has 3 aromatic heterocycles. The van der Waals surface area contributed by atoms with Crippen LogP contribution in [-0.4, -0.2) is 19.5 Å². The van der Waals surface area contributed by atoms with Gasteiger partial charge in [0.05, 0.1) is 11.2 Å². The average molecular weight is 351 g/mol. The minimum atomic E-state index is 0.251. The van der Waals surface area contributed by atoms with E-state index in [4.69, 9.17) is 10.7 Å². The Morgan fingerprint density at radius 1 is 0.815 bits per heavy atom. The molecular formula is C22H17N5. The van der Waals surface area contributed by atoms with Crippen molar-refractivity contribution in [1.29, 1.82) is 0 Å². The first kappa shape index (κ1) is 15.5. The third-order valence-electron chi connectivity index (χ3n) is 4.79. The molecule has 0 aliphatic heterocycles. The molecule has 0 unspecified atom stereocenters. The quantitative estimate of drug-likeness (QED) is 0.511. The maximum Gasteiger partial charge on any atom is 0.221 e. The standard InChI is InChI=1S/C22H17N5/c1-27-12-11-16-13-15(7-10-19(16)27)17-8-9-18-21(24-17)20(26-22(23)25-18)14-5-3-2-4-6-14/h2-13H,1H3,(H2,23,25,26). The van der Waals surface area contributed by atoms with Crippen LogP contribution >= 0.6 is 0 Å². The monoisotopic (exact) mass is 351 g/mol. The zero-order chi connectivity index (χ0) is 18.4. The Bertz CT molecular complexity index is 1290. The maximum atomic E-state index is 5.92. The summed E-state index contributed by atoms with van der Waals surface area (Å²) in [6, 6.07) is 22.4. The van der Waals surface area contributed by atoms with Gasteiger partial charge in [0.25, 0.3) is 0 Å². The zero-order valence-electron chi connectivity index (χ0n) is 14.8. The number of nitrogens with zero attached hydrogens (tertiary/aromatic N) is 4. The van der Waals surface area contributed by atoms with Crippen LogP contribution in [0.25, 0.3) is 44.5 Å². The van der Waals surface area contributed by atoms with E-state index in [1.54, 1.807) is 0 Å². The fourth-order valence-electron chi connectivity index (χ4n) is 3.43.